The van der Waals surface area contributed by atoms with Crippen molar-refractivity contribution in [3.63, 3.8) is 0 Å². The molecule has 1 unspecified atom stereocenters. The molecule has 1 heterocycles. The summed E-state index contributed by atoms with van der Waals surface area (Å²) in [6.07, 6.45) is 1.47. The molecule has 4 rings (SSSR count). The first-order valence-electron chi connectivity index (χ1n) is 10.0. The van der Waals surface area contributed by atoms with Crippen molar-refractivity contribution in [3.8, 4) is 0 Å². The van der Waals surface area contributed by atoms with Crippen LogP contribution in [-0.2, 0) is 31.0 Å². The highest BCUT2D eigenvalue weighted by Crippen LogP contribution is 2.35. The van der Waals surface area contributed by atoms with Gasteiger partial charge in [0.2, 0.25) is 21.8 Å². The van der Waals surface area contributed by atoms with Crippen molar-refractivity contribution in [2.45, 2.75) is 43.7 Å². The van der Waals surface area contributed by atoms with Crippen LogP contribution in [0.1, 0.15) is 30.4 Å². The Morgan fingerprint density at radius 2 is 1.68 bits per heavy atom. The van der Waals surface area contributed by atoms with E-state index >= 15 is 0 Å². The number of hydrogen-bond acceptors (Lipinski definition) is 5. The molecule has 2 aliphatic rings. The Bertz CT molecular complexity index is 1140. The van der Waals surface area contributed by atoms with Crippen LogP contribution < -0.4 is 10.0 Å². The van der Waals surface area contributed by atoms with Crippen LogP contribution >= 0.6 is 0 Å². The van der Waals surface area contributed by atoms with Gasteiger partial charge in [-0.25, -0.2) is 18.5 Å². The van der Waals surface area contributed by atoms with Crippen molar-refractivity contribution in [2.24, 2.45) is 11.1 Å². The summed E-state index contributed by atoms with van der Waals surface area (Å²) in [5, 5.41) is 5.11. The smallest absolute Gasteiger partial charge is 0.257 e. The molecule has 2 fully saturated rings. The molecule has 2 aromatic carbocycles. The predicted molar refractivity (Wildman–Crippen MR) is 113 cm³/mol. The Labute approximate surface area is 180 Å². The molecule has 2 N–H and O–H groups in total. The standard InChI is InChI=1S/C22H23N3O5S/c1-14-2-4-15(5-3-14)13-24(21(27)16-6-7-16)19-12-20(26)25(22(19)28)17-8-10-18(11-9-17)31(23,29)30/h2-5,8-11,16,19H,6-7,12-13H2,1H3,(H2,23,29,30). The highest BCUT2D eigenvalue weighted by Gasteiger charge is 2.46. The van der Waals surface area contributed by atoms with Crippen LogP contribution in [0.3, 0.4) is 0 Å². The lowest BCUT2D eigenvalue weighted by Crippen LogP contribution is -2.45. The van der Waals surface area contributed by atoms with Gasteiger partial charge >= 0.3 is 0 Å². The van der Waals surface area contributed by atoms with E-state index in [-0.39, 0.29) is 35.4 Å². The molecule has 0 spiro atoms. The van der Waals surface area contributed by atoms with Gasteiger partial charge in [0.1, 0.15) is 6.04 Å². The molecule has 3 amide bonds. The zero-order chi connectivity index (χ0) is 22.3. The first-order chi connectivity index (χ1) is 14.6. The number of imide groups is 1. The number of carbonyl (C=O) groups excluding carboxylic acids is 3. The Kier molecular flexibility index (Phi) is 5.40. The second-order valence-electron chi connectivity index (χ2n) is 8.05. The average molecular weight is 442 g/mol. The Hall–Kier alpha value is -3.04. The number of nitrogens with zero attached hydrogens (tertiary/aromatic N) is 2. The monoisotopic (exact) mass is 441 g/mol. The van der Waals surface area contributed by atoms with Gasteiger partial charge in [-0.05, 0) is 49.6 Å². The summed E-state index contributed by atoms with van der Waals surface area (Å²) in [6, 6.07) is 12.0. The number of anilines is 1. The largest absolute Gasteiger partial charge is 0.326 e. The molecule has 1 saturated carbocycles. The predicted octanol–water partition coefficient (Wildman–Crippen LogP) is 1.71. The van der Waals surface area contributed by atoms with Gasteiger partial charge in [0.05, 0.1) is 17.0 Å². The number of primary sulfonamides is 1. The molecule has 1 atom stereocenters. The van der Waals surface area contributed by atoms with E-state index in [1.807, 2.05) is 31.2 Å². The molecule has 31 heavy (non-hydrogen) atoms. The van der Waals surface area contributed by atoms with Gasteiger partial charge in [0.15, 0.2) is 0 Å². The van der Waals surface area contributed by atoms with E-state index < -0.39 is 27.9 Å². The van der Waals surface area contributed by atoms with E-state index in [0.717, 1.165) is 28.9 Å². The van der Waals surface area contributed by atoms with Crippen LogP contribution in [-0.4, -0.2) is 37.1 Å². The summed E-state index contributed by atoms with van der Waals surface area (Å²) in [7, 11) is -3.89. The second kappa shape index (κ2) is 7.90. The Morgan fingerprint density at radius 1 is 1.06 bits per heavy atom. The third-order valence-corrected chi connectivity index (χ3v) is 6.53. The molecular weight excluding hydrogens is 418 g/mol. The number of aryl methyl sites for hydroxylation is 1. The maximum atomic E-state index is 13.2. The SMILES string of the molecule is Cc1ccc(CN(C(=O)C2CC2)C2CC(=O)N(c3ccc(S(N)(=O)=O)cc3)C2=O)cc1. The molecule has 8 nitrogen and oxygen atoms in total. The summed E-state index contributed by atoms with van der Waals surface area (Å²) in [5.41, 5.74) is 2.22. The van der Waals surface area contributed by atoms with Gasteiger partial charge in [-0.2, -0.15) is 0 Å². The minimum Gasteiger partial charge on any atom is -0.326 e. The third-order valence-electron chi connectivity index (χ3n) is 5.61. The lowest BCUT2D eigenvalue weighted by Gasteiger charge is -2.28. The van der Waals surface area contributed by atoms with E-state index in [2.05, 4.69) is 0 Å². The summed E-state index contributed by atoms with van der Waals surface area (Å²) in [4.78, 5) is 41.3. The van der Waals surface area contributed by atoms with Crippen molar-refractivity contribution in [1.29, 1.82) is 0 Å². The number of rotatable bonds is 6. The fraction of sp³-hybridized carbons (Fsp3) is 0.318. The van der Waals surface area contributed by atoms with E-state index in [1.54, 1.807) is 0 Å². The van der Waals surface area contributed by atoms with Gasteiger partial charge in [0.25, 0.3) is 5.91 Å². The van der Waals surface area contributed by atoms with E-state index in [9.17, 15) is 22.8 Å². The van der Waals surface area contributed by atoms with Gasteiger partial charge in [0, 0.05) is 12.5 Å². The number of sulfonamides is 1. The van der Waals surface area contributed by atoms with Crippen molar-refractivity contribution >= 4 is 33.4 Å². The number of benzene rings is 2. The highest BCUT2D eigenvalue weighted by atomic mass is 32.2. The topological polar surface area (TPSA) is 118 Å². The van der Waals surface area contributed by atoms with Crippen LogP contribution in [0.5, 0.6) is 0 Å². The van der Waals surface area contributed by atoms with Crippen LogP contribution in [0.15, 0.2) is 53.4 Å². The molecule has 9 heteroatoms. The molecule has 0 bridgehead atoms. The maximum absolute atomic E-state index is 13.2. The molecular formula is C22H23N3O5S. The number of nitrogens with two attached hydrogens (primary N) is 1. The summed E-state index contributed by atoms with van der Waals surface area (Å²) >= 11 is 0. The molecule has 0 aromatic heterocycles. The minimum atomic E-state index is -3.89. The van der Waals surface area contributed by atoms with E-state index in [1.165, 1.54) is 29.2 Å². The Balaban J connectivity index is 1.61. The van der Waals surface area contributed by atoms with Gasteiger partial charge < -0.3 is 4.90 Å². The normalized spacial score (nSPS) is 19.0. The first-order valence-corrected chi connectivity index (χ1v) is 11.6. The fourth-order valence-electron chi connectivity index (χ4n) is 3.71. The summed E-state index contributed by atoms with van der Waals surface area (Å²) in [5.74, 6) is -1.14. The van der Waals surface area contributed by atoms with Crippen molar-refractivity contribution < 1.29 is 22.8 Å². The van der Waals surface area contributed by atoms with Crippen LogP contribution in [0.25, 0.3) is 0 Å². The minimum absolute atomic E-state index is 0.101. The lowest BCUT2D eigenvalue weighted by molar-refractivity contribution is -0.140. The lowest BCUT2D eigenvalue weighted by atomic mass is 10.1. The molecule has 162 valence electrons. The quantitative estimate of drug-likeness (QED) is 0.685. The number of hydrogen-bond donors (Lipinski definition) is 1. The average Bonchev–Trinajstić information content (AvgIpc) is 3.52. The van der Waals surface area contributed by atoms with Crippen LogP contribution in [0.4, 0.5) is 5.69 Å². The van der Waals surface area contributed by atoms with Crippen molar-refractivity contribution in [3.05, 3.63) is 59.7 Å². The molecule has 1 aliphatic heterocycles. The van der Waals surface area contributed by atoms with Crippen molar-refractivity contribution in [1.82, 2.24) is 4.90 Å². The maximum Gasteiger partial charge on any atom is 0.257 e. The first kappa shape index (κ1) is 21.2. The number of amides is 3. The van der Waals surface area contributed by atoms with E-state index in [4.69, 9.17) is 5.14 Å². The third kappa shape index (κ3) is 4.38. The summed E-state index contributed by atoms with van der Waals surface area (Å²) in [6.45, 7) is 2.21. The summed E-state index contributed by atoms with van der Waals surface area (Å²) < 4.78 is 22.9. The molecule has 2 aromatic rings. The second-order valence-corrected chi connectivity index (χ2v) is 9.61. The van der Waals surface area contributed by atoms with Crippen molar-refractivity contribution in [2.75, 3.05) is 4.90 Å². The zero-order valence-corrected chi connectivity index (χ0v) is 17.8. The van der Waals surface area contributed by atoms with E-state index in [0.29, 0.717) is 0 Å². The van der Waals surface area contributed by atoms with Gasteiger partial charge in [-0.1, -0.05) is 29.8 Å². The van der Waals surface area contributed by atoms with Crippen LogP contribution in [0.2, 0.25) is 0 Å². The zero-order valence-electron chi connectivity index (χ0n) is 17.0. The highest BCUT2D eigenvalue weighted by molar-refractivity contribution is 7.89. The van der Waals surface area contributed by atoms with Gasteiger partial charge in [-0.15, -0.1) is 0 Å². The van der Waals surface area contributed by atoms with Crippen LogP contribution in [0, 0.1) is 12.8 Å². The number of carbonyl (C=O) groups is 3. The molecule has 1 saturated heterocycles. The van der Waals surface area contributed by atoms with Gasteiger partial charge in [-0.3, -0.25) is 14.4 Å². The molecule has 0 radical (unpaired) electrons. The molecule has 1 aliphatic carbocycles. The fourth-order valence-corrected chi connectivity index (χ4v) is 4.23. The Morgan fingerprint density at radius 3 is 2.23 bits per heavy atom.